The Kier molecular flexibility index (Phi) is 8.96. The van der Waals surface area contributed by atoms with Gasteiger partial charge in [0.2, 0.25) is 0 Å². The highest BCUT2D eigenvalue weighted by atomic mass is 16.5. The number of hydrogen-bond acceptors (Lipinski definition) is 3. The first-order chi connectivity index (χ1) is 10.6. The number of carbonyl (C=O) groups excluding carboxylic acids is 1. The number of benzene rings is 1. The van der Waals surface area contributed by atoms with Gasteiger partial charge in [-0.2, -0.15) is 0 Å². The topological polar surface area (TPSA) is 63.6 Å². The van der Waals surface area contributed by atoms with Crippen molar-refractivity contribution in [1.29, 1.82) is 0 Å². The van der Waals surface area contributed by atoms with Gasteiger partial charge in [-0.15, -0.1) is 0 Å². The van der Waals surface area contributed by atoms with Crippen molar-refractivity contribution in [2.45, 2.75) is 58.3 Å². The van der Waals surface area contributed by atoms with Gasteiger partial charge in [-0.25, -0.2) is 9.59 Å². The van der Waals surface area contributed by atoms with Crippen LogP contribution in [0, 0.1) is 0 Å². The van der Waals surface area contributed by atoms with E-state index in [2.05, 4.69) is 6.92 Å². The van der Waals surface area contributed by atoms with Gasteiger partial charge < -0.3 is 9.84 Å². The molecular weight excluding hydrogens is 280 g/mol. The number of carboxylic acid groups (broad SMARTS) is 1. The predicted molar refractivity (Wildman–Crippen MR) is 86.3 cm³/mol. The van der Waals surface area contributed by atoms with Gasteiger partial charge in [0.25, 0.3) is 0 Å². The highest BCUT2D eigenvalue weighted by Crippen LogP contribution is 2.10. The molecule has 4 heteroatoms. The van der Waals surface area contributed by atoms with Crippen LogP contribution < -0.4 is 0 Å². The fourth-order valence-electron chi connectivity index (χ4n) is 2.26. The molecule has 0 radical (unpaired) electrons. The molecule has 0 aromatic heterocycles. The van der Waals surface area contributed by atoms with Gasteiger partial charge in [0, 0.05) is 0 Å². The molecule has 1 N–H and O–H groups in total. The number of carbonyl (C=O) groups is 2. The lowest BCUT2D eigenvalue weighted by molar-refractivity contribution is 0.0497. The Morgan fingerprint density at radius 1 is 0.955 bits per heavy atom. The van der Waals surface area contributed by atoms with Gasteiger partial charge in [0.05, 0.1) is 17.7 Å². The zero-order valence-corrected chi connectivity index (χ0v) is 13.3. The summed E-state index contributed by atoms with van der Waals surface area (Å²) >= 11 is 0. The third kappa shape index (κ3) is 7.25. The van der Waals surface area contributed by atoms with Gasteiger partial charge in [0.1, 0.15) is 0 Å². The van der Waals surface area contributed by atoms with E-state index in [0.29, 0.717) is 12.2 Å². The quantitative estimate of drug-likeness (QED) is 0.476. The van der Waals surface area contributed by atoms with Gasteiger partial charge in [0.15, 0.2) is 0 Å². The van der Waals surface area contributed by atoms with Crippen LogP contribution in [0.25, 0.3) is 0 Å². The minimum Gasteiger partial charge on any atom is -0.478 e. The van der Waals surface area contributed by atoms with Crippen molar-refractivity contribution >= 4 is 11.9 Å². The molecule has 0 atom stereocenters. The van der Waals surface area contributed by atoms with Crippen LogP contribution in [-0.4, -0.2) is 23.7 Å². The molecule has 0 amide bonds. The van der Waals surface area contributed by atoms with E-state index in [0.717, 1.165) is 12.8 Å². The zero-order valence-electron chi connectivity index (χ0n) is 13.3. The van der Waals surface area contributed by atoms with Gasteiger partial charge >= 0.3 is 11.9 Å². The lowest BCUT2D eigenvalue weighted by atomic mass is 10.1. The molecule has 0 aliphatic rings. The Morgan fingerprint density at radius 2 is 1.55 bits per heavy atom. The summed E-state index contributed by atoms with van der Waals surface area (Å²) in [5.41, 5.74) is 0.390. The Labute approximate surface area is 132 Å². The zero-order chi connectivity index (χ0) is 16.2. The molecule has 0 bridgehead atoms. The Bertz CT molecular complexity index is 468. The molecule has 0 fully saturated rings. The first-order valence-electron chi connectivity index (χ1n) is 8.15. The van der Waals surface area contributed by atoms with E-state index in [4.69, 9.17) is 9.84 Å². The van der Waals surface area contributed by atoms with Crippen LogP contribution in [0.15, 0.2) is 24.3 Å². The van der Waals surface area contributed by atoms with Crippen LogP contribution in [0.3, 0.4) is 0 Å². The summed E-state index contributed by atoms with van der Waals surface area (Å²) in [6.07, 6.45) is 9.52. The van der Waals surface area contributed by atoms with Crippen LogP contribution in [0.2, 0.25) is 0 Å². The van der Waals surface area contributed by atoms with Crippen molar-refractivity contribution in [3.8, 4) is 0 Å². The number of hydrogen-bond donors (Lipinski definition) is 1. The average molecular weight is 306 g/mol. The summed E-state index contributed by atoms with van der Waals surface area (Å²) in [6, 6.07) is 5.93. The Hall–Kier alpha value is -1.84. The Balaban J connectivity index is 2.16. The molecule has 0 saturated carbocycles. The summed E-state index contributed by atoms with van der Waals surface area (Å²) in [5.74, 6) is -1.50. The Morgan fingerprint density at radius 3 is 2.18 bits per heavy atom. The van der Waals surface area contributed by atoms with Gasteiger partial charge in [-0.1, -0.05) is 57.9 Å². The first kappa shape index (κ1) is 18.2. The third-order valence-electron chi connectivity index (χ3n) is 3.58. The molecule has 22 heavy (non-hydrogen) atoms. The highest BCUT2D eigenvalue weighted by molar-refractivity contribution is 5.94. The molecule has 0 saturated heterocycles. The first-order valence-corrected chi connectivity index (χ1v) is 8.15. The van der Waals surface area contributed by atoms with E-state index in [1.54, 1.807) is 12.1 Å². The summed E-state index contributed by atoms with van der Waals surface area (Å²) in [5, 5.41) is 8.89. The SMILES string of the molecule is CCCCCCCCCCOC(=O)c1cccc(C(=O)O)c1. The number of carboxylic acids is 1. The number of esters is 1. The van der Waals surface area contributed by atoms with E-state index in [9.17, 15) is 9.59 Å². The van der Waals surface area contributed by atoms with Crippen molar-refractivity contribution in [2.24, 2.45) is 0 Å². The number of rotatable bonds is 11. The molecule has 1 rings (SSSR count). The van der Waals surface area contributed by atoms with Crippen molar-refractivity contribution in [3.05, 3.63) is 35.4 Å². The minimum atomic E-state index is -1.04. The van der Waals surface area contributed by atoms with Gasteiger partial charge in [-0.3, -0.25) is 0 Å². The maximum atomic E-state index is 11.8. The largest absolute Gasteiger partial charge is 0.478 e. The third-order valence-corrected chi connectivity index (χ3v) is 3.58. The molecule has 0 aliphatic heterocycles. The van der Waals surface area contributed by atoms with Crippen LogP contribution in [0.1, 0.15) is 79.0 Å². The predicted octanol–water partition coefficient (Wildman–Crippen LogP) is 4.68. The molecular formula is C18H26O4. The molecule has 0 spiro atoms. The number of aromatic carboxylic acids is 1. The van der Waals surface area contributed by atoms with E-state index in [1.807, 2.05) is 0 Å². The van der Waals surface area contributed by atoms with Crippen molar-refractivity contribution < 1.29 is 19.4 Å². The van der Waals surface area contributed by atoms with Crippen LogP contribution in [-0.2, 0) is 4.74 Å². The second-order valence-electron chi connectivity index (χ2n) is 5.50. The molecule has 0 unspecified atom stereocenters. The second kappa shape index (κ2) is 10.8. The lowest BCUT2D eigenvalue weighted by Gasteiger charge is -2.05. The molecule has 0 heterocycles. The fraction of sp³-hybridized carbons (Fsp3) is 0.556. The van der Waals surface area contributed by atoms with Crippen LogP contribution in [0.5, 0.6) is 0 Å². The second-order valence-corrected chi connectivity index (χ2v) is 5.50. The summed E-state index contributed by atoms with van der Waals surface area (Å²) < 4.78 is 5.18. The van der Waals surface area contributed by atoms with E-state index < -0.39 is 11.9 Å². The van der Waals surface area contributed by atoms with Crippen LogP contribution in [0.4, 0.5) is 0 Å². The van der Waals surface area contributed by atoms with Crippen LogP contribution >= 0.6 is 0 Å². The smallest absolute Gasteiger partial charge is 0.338 e. The van der Waals surface area contributed by atoms with Crippen molar-refractivity contribution in [1.82, 2.24) is 0 Å². The minimum absolute atomic E-state index is 0.0986. The van der Waals surface area contributed by atoms with Crippen molar-refractivity contribution in [3.63, 3.8) is 0 Å². The van der Waals surface area contributed by atoms with E-state index in [1.165, 1.54) is 50.7 Å². The average Bonchev–Trinajstić information content (AvgIpc) is 2.53. The highest BCUT2D eigenvalue weighted by Gasteiger charge is 2.10. The molecule has 4 nitrogen and oxygen atoms in total. The molecule has 122 valence electrons. The van der Waals surface area contributed by atoms with E-state index in [-0.39, 0.29) is 5.56 Å². The van der Waals surface area contributed by atoms with Gasteiger partial charge in [-0.05, 0) is 24.6 Å². The maximum Gasteiger partial charge on any atom is 0.338 e. The summed E-state index contributed by atoms with van der Waals surface area (Å²) in [7, 11) is 0. The standard InChI is InChI=1S/C18H26O4/c1-2-3-4-5-6-7-8-9-13-22-18(21)16-12-10-11-15(14-16)17(19)20/h10-12,14H,2-9,13H2,1H3,(H,19,20). The fourth-order valence-corrected chi connectivity index (χ4v) is 2.26. The summed E-state index contributed by atoms with van der Waals surface area (Å²) in [6.45, 7) is 2.60. The van der Waals surface area contributed by atoms with Crippen molar-refractivity contribution in [2.75, 3.05) is 6.61 Å². The monoisotopic (exact) mass is 306 g/mol. The number of ether oxygens (including phenoxy) is 1. The summed E-state index contributed by atoms with van der Waals surface area (Å²) in [4.78, 5) is 22.7. The molecule has 1 aromatic carbocycles. The normalized spacial score (nSPS) is 10.4. The lowest BCUT2D eigenvalue weighted by Crippen LogP contribution is -2.08. The molecule has 0 aliphatic carbocycles. The maximum absolute atomic E-state index is 11.8. The molecule has 1 aromatic rings. The van der Waals surface area contributed by atoms with E-state index >= 15 is 0 Å². The number of unbranched alkanes of at least 4 members (excludes halogenated alkanes) is 7.